The van der Waals surface area contributed by atoms with E-state index in [4.69, 9.17) is 4.74 Å². The van der Waals surface area contributed by atoms with E-state index in [9.17, 15) is 13.2 Å². The van der Waals surface area contributed by atoms with Crippen molar-refractivity contribution in [3.05, 3.63) is 0 Å². The monoisotopic (exact) mass is 280 g/mol. The van der Waals surface area contributed by atoms with E-state index < -0.39 is 16.2 Å². The Labute approximate surface area is 108 Å². The number of rotatable bonds is 5. The molecular weight excluding hydrogens is 260 g/mol. The predicted molar refractivity (Wildman–Crippen MR) is 65.1 cm³/mol. The Bertz CT molecular complexity index is 374. The molecule has 2 unspecified atom stereocenters. The molecule has 106 valence electrons. The maximum absolute atomic E-state index is 11.9. The van der Waals surface area contributed by atoms with Crippen LogP contribution in [0.2, 0.25) is 0 Å². The highest BCUT2D eigenvalue weighted by atomic mass is 32.2. The van der Waals surface area contributed by atoms with Gasteiger partial charge in [-0.1, -0.05) is 0 Å². The fourth-order valence-corrected chi connectivity index (χ4v) is 3.08. The molecule has 8 heteroatoms. The van der Waals surface area contributed by atoms with E-state index in [1.54, 1.807) is 6.92 Å². The van der Waals surface area contributed by atoms with Gasteiger partial charge in [0, 0.05) is 13.1 Å². The third-order valence-corrected chi connectivity index (χ3v) is 3.92. The number of ether oxygens (including phenoxy) is 2. The highest BCUT2D eigenvalue weighted by Gasteiger charge is 2.31. The lowest BCUT2D eigenvalue weighted by molar-refractivity contribution is -0.141. The standard InChI is InChI=1S/C10H20N2O5S/c1-4-16-10(13)5-11-18(14,15)12-6-8(2)17-9(3)7-12/h8-9,11H,4-7H2,1-3H3. The van der Waals surface area contributed by atoms with E-state index >= 15 is 0 Å². The van der Waals surface area contributed by atoms with Gasteiger partial charge in [0.15, 0.2) is 0 Å². The van der Waals surface area contributed by atoms with Gasteiger partial charge in [0.1, 0.15) is 6.54 Å². The van der Waals surface area contributed by atoms with Gasteiger partial charge in [-0.15, -0.1) is 0 Å². The number of esters is 1. The minimum atomic E-state index is -3.66. The van der Waals surface area contributed by atoms with Gasteiger partial charge in [-0.25, -0.2) is 0 Å². The fraction of sp³-hybridized carbons (Fsp3) is 0.900. The van der Waals surface area contributed by atoms with Crippen LogP contribution in [0.15, 0.2) is 0 Å². The third kappa shape index (κ3) is 4.52. The molecule has 1 N–H and O–H groups in total. The second-order valence-corrected chi connectivity index (χ2v) is 5.96. The Morgan fingerprint density at radius 2 is 1.94 bits per heavy atom. The number of morpholine rings is 1. The number of hydrogen-bond acceptors (Lipinski definition) is 5. The summed E-state index contributed by atoms with van der Waals surface area (Å²) < 4.78 is 37.5. The Morgan fingerprint density at radius 1 is 1.39 bits per heavy atom. The van der Waals surface area contributed by atoms with Crippen molar-refractivity contribution < 1.29 is 22.7 Å². The molecule has 0 bridgehead atoms. The topological polar surface area (TPSA) is 84.9 Å². The van der Waals surface area contributed by atoms with Crippen molar-refractivity contribution in [1.82, 2.24) is 9.03 Å². The van der Waals surface area contributed by atoms with Gasteiger partial charge in [-0.3, -0.25) is 4.79 Å². The number of hydrogen-bond donors (Lipinski definition) is 1. The van der Waals surface area contributed by atoms with E-state index in [-0.39, 0.29) is 38.4 Å². The zero-order valence-electron chi connectivity index (χ0n) is 10.9. The van der Waals surface area contributed by atoms with Crippen LogP contribution in [0.4, 0.5) is 0 Å². The normalized spacial score (nSPS) is 25.9. The molecule has 0 spiro atoms. The van der Waals surface area contributed by atoms with Gasteiger partial charge in [0.05, 0.1) is 18.8 Å². The quantitative estimate of drug-likeness (QED) is 0.686. The number of carbonyl (C=O) groups is 1. The van der Waals surface area contributed by atoms with Crippen LogP contribution < -0.4 is 4.72 Å². The molecule has 1 rings (SSSR count). The highest BCUT2D eigenvalue weighted by Crippen LogP contribution is 2.13. The van der Waals surface area contributed by atoms with Crippen LogP contribution in [0.1, 0.15) is 20.8 Å². The van der Waals surface area contributed by atoms with Crippen molar-refractivity contribution in [2.45, 2.75) is 33.0 Å². The zero-order valence-corrected chi connectivity index (χ0v) is 11.7. The number of carbonyl (C=O) groups excluding carboxylic acids is 1. The molecule has 1 saturated heterocycles. The summed E-state index contributed by atoms with van der Waals surface area (Å²) >= 11 is 0. The molecule has 18 heavy (non-hydrogen) atoms. The average Bonchev–Trinajstić information content (AvgIpc) is 2.26. The van der Waals surface area contributed by atoms with E-state index in [0.29, 0.717) is 0 Å². The van der Waals surface area contributed by atoms with Gasteiger partial charge < -0.3 is 9.47 Å². The summed E-state index contributed by atoms with van der Waals surface area (Å²) in [6.07, 6.45) is -0.319. The molecule has 1 aliphatic heterocycles. The van der Waals surface area contributed by atoms with E-state index in [0.717, 1.165) is 0 Å². The van der Waals surface area contributed by atoms with Crippen LogP contribution in [0.5, 0.6) is 0 Å². The van der Waals surface area contributed by atoms with Crippen molar-refractivity contribution in [1.29, 1.82) is 0 Å². The van der Waals surface area contributed by atoms with Crippen LogP contribution in [0.25, 0.3) is 0 Å². The first-order chi connectivity index (χ1) is 8.35. The molecule has 1 fully saturated rings. The van der Waals surface area contributed by atoms with Gasteiger partial charge in [-0.2, -0.15) is 17.4 Å². The lowest BCUT2D eigenvalue weighted by Crippen LogP contribution is -2.52. The summed E-state index contributed by atoms with van der Waals surface area (Å²) in [6.45, 7) is 5.72. The van der Waals surface area contributed by atoms with E-state index in [1.165, 1.54) is 4.31 Å². The van der Waals surface area contributed by atoms with Crippen LogP contribution >= 0.6 is 0 Å². The zero-order chi connectivity index (χ0) is 13.8. The van der Waals surface area contributed by atoms with Gasteiger partial charge in [0.2, 0.25) is 0 Å². The van der Waals surface area contributed by atoms with Crippen molar-refractivity contribution in [3.63, 3.8) is 0 Å². The summed E-state index contributed by atoms with van der Waals surface area (Å²) in [5.41, 5.74) is 0. The molecule has 0 amide bonds. The summed E-state index contributed by atoms with van der Waals surface area (Å²) in [5.74, 6) is -0.588. The van der Waals surface area contributed by atoms with Gasteiger partial charge >= 0.3 is 5.97 Å². The molecule has 0 saturated carbocycles. The molecule has 0 aromatic rings. The first kappa shape index (κ1) is 15.4. The Hall–Kier alpha value is -0.700. The number of nitrogens with one attached hydrogen (secondary N) is 1. The second-order valence-electron chi connectivity index (χ2n) is 4.21. The Morgan fingerprint density at radius 3 is 2.44 bits per heavy atom. The first-order valence-corrected chi connectivity index (χ1v) is 7.35. The van der Waals surface area contributed by atoms with E-state index in [1.807, 2.05) is 13.8 Å². The van der Waals surface area contributed by atoms with Crippen molar-refractivity contribution in [3.8, 4) is 0 Å². The molecule has 0 aromatic carbocycles. The molecule has 0 aromatic heterocycles. The summed E-state index contributed by atoms with van der Waals surface area (Å²) in [5, 5.41) is 0. The van der Waals surface area contributed by atoms with Crippen molar-refractivity contribution in [2.75, 3.05) is 26.2 Å². The van der Waals surface area contributed by atoms with E-state index in [2.05, 4.69) is 9.46 Å². The second kappa shape index (κ2) is 6.46. The number of nitrogens with zero attached hydrogens (tertiary/aromatic N) is 1. The fourth-order valence-electron chi connectivity index (χ4n) is 1.78. The lowest BCUT2D eigenvalue weighted by Gasteiger charge is -2.34. The predicted octanol–water partition coefficient (Wildman–Crippen LogP) is -0.507. The minimum Gasteiger partial charge on any atom is -0.465 e. The van der Waals surface area contributed by atoms with Crippen LogP contribution in [0, 0.1) is 0 Å². The summed E-state index contributed by atoms with van der Waals surface area (Å²) in [6, 6.07) is 0. The average molecular weight is 280 g/mol. The smallest absolute Gasteiger partial charge is 0.321 e. The Kier molecular flexibility index (Phi) is 5.51. The molecule has 1 heterocycles. The minimum absolute atomic E-state index is 0.159. The summed E-state index contributed by atoms with van der Waals surface area (Å²) in [4.78, 5) is 11.1. The SMILES string of the molecule is CCOC(=O)CNS(=O)(=O)N1CC(C)OC(C)C1. The first-order valence-electron chi connectivity index (χ1n) is 5.91. The lowest BCUT2D eigenvalue weighted by atomic mass is 10.3. The molecule has 0 radical (unpaired) electrons. The van der Waals surface area contributed by atoms with Gasteiger partial charge in [0.25, 0.3) is 10.2 Å². The van der Waals surface area contributed by atoms with Gasteiger partial charge in [-0.05, 0) is 20.8 Å². The molecule has 7 nitrogen and oxygen atoms in total. The maximum atomic E-state index is 11.9. The van der Waals surface area contributed by atoms with Crippen molar-refractivity contribution >= 4 is 16.2 Å². The van der Waals surface area contributed by atoms with Crippen LogP contribution in [0.3, 0.4) is 0 Å². The molecule has 1 aliphatic rings. The Balaban J connectivity index is 2.55. The molecule has 0 aliphatic carbocycles. The maximum Gasteiger partial charge on any atom is 0.321 e. The highest BCUT2D eigenvalue weighted by molar-refractivity contribution is 7.87. The van der Waals surface area contributed by atoms with Crippen molar-refractivity contribution in [2.24, 2.45) is 0 Å². The largest absolute Gasteiger partial charge is 0.465 e. The van der Waals surface area contributed by atoms with Crippen LogP contribution in [-0.2, 0) is 24.5 Å². The van der Waals surface area contributed by atoms with Crippen LogP contribution in [-0.4, -0.2) is 57.1 Å². The third-order valence-electron chi connectivity index (χ3n) is 2.43. The molecular formula is C10H20N2O5S. The summed E-state index contributed by atoms with van der Waals surface area (Å²) in [7, 11) is -3.66. The molecule has 2 atom stereocenters.